The number of aliphatic carboxylic acids is 1. The first-order chi connectivity index (χ1) is 8.06. The van der Waals surface area contributed by atoms with Gasteiger partial charge in [0.2, 0.25) is 5.82 Å². The van der Waals surface area contributed by atoms with Crippen LogP contribution in [0.25, 0.3) is 0 Å². The number of carbonyl (C=O) groups is 1. The molecule has 0 aliphatic heterocycles. The van der Waals surface area contributed by atoms with Gasteiger partial charge in [-0.25, -0.2) is 9.18 Å². The average molecular weight is 244 g/mol. The van der Waals surface area contributed by atoms with Gasteiger partial charge in [-0.1, -0.05) is 19.4 Å². The number of ether oxygens (including phenoxy) is 1. The maximum absolute atomic E-state index is 13.3. The highest BCUT2D eigenvalue weighted by Gasteiger charge is 2.21. The topological polar surface area (TPSA) is 46.5 Å². The van der Waals surface area contributed by atoms with E-state index in [4.69, 9.17) is 9.84 Å². The summed E-state index contributed by atoms with van der Waals surface area (Å²) in [6, 6.07) is 3.43. The third-order valence-corrected chi connectivity index (χ3v) is 2.28. The van der Waals surface area contributed by atoms with Gasteiger partial charge in [-0.2, -0.15) is 4.39 Å². The highest BCUT2D eigenvalue weighted by atomic mass is 19.2. The Bertz CT molecular complexity index is 393. The minimum absolute atomic E-state index is 0.266. The molecule has 1 atom stereocenters. The first-order valence-electron chi connectivity index (χ1n) is 5.39. The monoisotopic (exact) mass is 244 g/mol. The number of carboxylic acid groups (broad SMARTS) is 1. The predicted molar refractivity (Wildman–Crippen MR) is 57.9 cm³/mol. The molecule has 0 aliphatic carbocycles. The highest BCUT2D eigenvalue weighted by molar-refractivity contribution is 5.72. The molecule has 1 N–H and O–H groups in total. The van der Waals surface area contributed by atoms with Crippen LogP contribution in [0.15, 0.2) is 18.2 Å². The van der Waals surface area contributed by atoms with Crippen LogP contribution in [0, 0.1) is 11.6 Å². The zero-order valence-electron chi connectivity index (χ0n) is 9.45. The van der Waals surface area contributed by atoms with Crippen LogP contribution >= 0.6 is 0 Å². The van der Waals surface area contributed by atoms with Gasteiger partial charge in [-0.3, -0.25) is 0 Å². The van der Waals surface area contributed by atoms with E-state index in [2.05, 4.69) is 0 Å². The SMILES string of the molecule is CCCCC(Oc1cccc(F)c1F)C(=O)O. The molecule has 94 valence electrons. The normalized spacial score (nSPS) is 12.2. The van der Waals surface area contributed by atoms with Gasteiger partial charge in [-0.05, 0) is 25.0 Å². The first-order valence-corrected chi connectivity index (χ1v) is 5.39. The lowest BCUT2D eigenvalue weighted by Crippen LogP contribution is -2.27. The summed E-state index contributed by atoms with van der Waals surface area (Å²) in [5.74, 6) is -3.76. The quantitative estimate of drug-likeness (QED) is 0.836. The van der Waals surface area contributed by atoms with Crippen LogP contribution in [0.1, 0.15) is 26.2 Å². The maximum Gasteiger partial charge on any atom is 0.344 e. The molecule has 5 heteroatoms. The van der Waals surface area contributed by atoms with Gasteiger partial charge >= 0.3 is 5.97 Å². The molecule has 1 unspecified atom stereocenters. The summed E-state index contributed by atoms with van der Waals surface area (Å²) in [5, 5.41) is 8.88. The Labute approximate surface area is 98.0 Å². The summed E-state index contributed by atoms with van der Waals surface area (Å²) in [6.45, 7) is 1.90. The van der Waals surface area contributed by atoms with E-state index in [1.807, 2.05) is 6.92 Å². The van der Waals surface area contributed by atoms with Crippen LogP contribution in [0.4, 0.5) is 8.78 Å². The van der Waals surface area contributed by atoms with Crippen LogP contribution in [-0.4, -0.2) is 17.2 Å². The maximum atomic E-state index is 13.3. The molecule has 0 spiro atoms. The lowest BCUT2D eigenvalue weighted by Gasteiger charge is -2.15. The first kappa shape index (κ1) is 13.4. The minimum Gasteiger partial charge on any atom is -0.479 e. The van der Waals surface area contributed by atoms with Crippen molar-refractivity contribution in [2.45, 2.75) is 32.3 Å². The number of hydrogen-bond donors (Lipinski definition) is 1. The van der Waals surface area contributed by atoms with Crippen LogP contribution in [0.5, 0.6) is 5.75 Å². The van der Waals surface area contributed by atoms with Gasteiger partial charge in [0.25, 0.3) is 0 Å². The van der Waals surface area contributed by atoms with Gasteiger partial charge in [-0.15, -0.1) is 0 Å². The predicted octanol–water partition coefficient (Wildman–Crippen LogP) is 2.99. The van der Waals surface area contributed by atoms with E-state index in [1.165, 1.54) is 12.1 Å². The fourth-order valence-corrected chi connectivity index (χ4v) is 1.35. The molecular weight excluding hydrogens is 230 g/mol. The molecule has 1 aromatic carbocycles. The van der Waals surface area contributed by atoms with E-state index in [-0.39, 0.29) is 12.2 Å². The molecule has 1 aromatic rings. The molecule has 0 aromatic heterocycles. The van der Waals surface area contributed by atoms with Crippen molar-refractivity contribution in [1.82, 2.24) is 0 Å². The molecule has 1 rings (SSSR count). The number of hydrogen-bond acceptors (Lipinski definition) is 2. The molecule has 0 bridgehead atoms. The molecule has 0 heterocycles. The van der Waals surface area contributed by atoms with Gasteiger partial charge in [0.1, 0.15) is 0 Å². The van der Waals surface area contributed by atoms with E-state index < -0.39 is 23.7 Å². The Morgan fingerprint density at radius 3 is 2.76 bits per heavy atom. The van der Waals surface area contributed by atoms with E-state index in [0.29, 0.717) is 6.42 Å². The smallest absolute Gasteiger partial charge is 0.344 e. The van der Waals surface area contributed by atoms with Crippen LogP contribution in [0.2, 0.25) is 0 Å². The van der Waals surface area contributed by atoms with Crippen LogP contribution in [0.3, 0.4) is 0 Å². The van der Waals surface area contributed by atoms with Crippen LogP contribution < -0.4 is 4.74 Å². The fourth-order valence-electron chi connectivity index (χ4n) is 1.35. The lowest BCUT2D eigenvalue weighted by molar-refractivity contribution is -0.145. The Kier molecular flexibility index (Phi) is 4.87. The van der Waals surface area contributed by atoms with Crippen molar-refractivity contribution in [1.29, 1.82) is 0 Å². The third kappa shape index (κ3) is 3.69. The minimum atomic E-state index is -1.18. The fraction of sp³-hybridized carbons (Fsp3) is 0.417. The summed E-state index contributed by atoms with van der Waals surface area (Å²) < 4.78 is 31.1. The van der Waals surface area contributed by atoms with Crippen molar-refractivity contribution in [2.24, 2.45) is 0 Å². The van der Waals surface area contributed by atoms with Crippen molar-refractivity contribution in [3.05, 3.63) is 29.8 Å². The number of halogens is 2. The summed E-state index contributed by atoms with van der Waals surface area (Å²) in [7, 11) is 0. The molecule has 0 aliphatic rings. The molecule has 0 radical (unpaired) electrons. The molecule has 0 amide bonds. The standard InChI is InChI=1S/C12H14F2O3/c1-2-3-6-10(12(15)16)17-9-7-4-5-8(13)11(9)14/h4-5,7,10H,2-3,6H2,1H3,(H,15,16). The molecule has 0 saturated carbocycles. The Morgan fingerprint density at radius 1 is 1.47 bits per heavy atom. The Morgan fingerprint density at radius 2 is 2.18 bits per heavy atom. The Balaban J connectivity index is 2.78. The van der Waals surface area contributed by atoms with E-state index >= 15 is 0 Å². The van der Waals surface area contributed by atoms with Gasteiger partial charge in [0.05, 0.1) is 0 Å². The molecule has 3 nitrogen and oxygen atoms in total. The Hall–Kier alpha value is -1.65. The second-order valence-electron chi connectivity index (χ2n) is 3.64. The number of carboxylic acids is 1. The number of unbranched alkanes of at least 4 members (excludes halogenated alkanes) is 1. The van der Waals surface area contributed by atoms with Crippen molar-refractivity contribution in [3.8, 4) is 5.75 Å². The molecule has 0 saturated heterocycles. The van der Waals surface area contributed by atoms with Crippen molar-refractivity contribution in [3.63, 3.8) is 0 Å². The van der Waals surface area contributed by atoms with Crippen LogP contribution in [-0.2, 0) is 4.79 Å². The van der Waals surface area contributed by atoms with E-state index in [1.54, 1.807) is 0 Å². The van der Waals surface area contributed by atoms with E-state index in [0.717, 1.165) is 12.5 Å². The second kappa shape index (κ2) is 6.18. The van der Waals surface area contributed by atoms with Gasteiger partial charge in [0, 0.05) is 0 Å². The highest BCUT2D eigenvalue weighted by Crippen LogP contribution is 2.21. The zero-order valence-corrected chi connectivity index (χ0v) is 9.45. The van der Waals surface area contributed by atoms with Crippen molar-refractivity contribution in [2.75, 3.05) is 0 Å². The average Bonchev–Trinajstić information content (AvgIpc) is 2.29. The summed E-state index contributed by atoms with van der Waals surface area (Å²) in [4.78, 5) is 10.9. The summed E-state index contributed by atoms with van der Waals surface area (Å²) >= 11 is 0. The number of benzene rings is 1. The lowest BCUT2D eigenvalue weighted by atomic mass is 10.1. The zero-order chi connectivity index (χ0) is 12.8. The summed E-state index contributed by atoms with van der Waals surface area (Å²) in [6.07, 6.45) is 0.570. The van der Waals surface area contributed by atoms with Gasteiger partial charge in [0.15, 0.2) is 17.7 Å². The third-order valence-electron chi connectivity index (χ3n) is 2.28. The van der Waals surface area contributed by atoms with Gasteiger partial charge < -0.3 is 9.84 Å². The summed E-state index contributed by atoms with van der Waals surface area (Å²) in [5.41, 5.74) is 0. The largest absolute Gasteiger partial charge is 0.479 e. The molecule has 17 heavy (non-hydrogen) atoms. The number of rotatable bonds is 6. The molecule has 0 fully saturated rings. The van der Waals surface area contributed by atoms with Crippen molar-refractivity contribution < 1.29 is 23.4 Å². The van der Waals surface area contributed by atoms with Crippen molar-refractivity contribution >= 4 is 5.97 Å². The van der Waals surface area contributed by atoms with E-state index in [9.17, 15) is 13.6 Å². The molecular formula is C12H14F2O3. The second-order valence-corrected chi connectivity index (χ2v) is 3.64.